The number of rotatable bonds is 1. The average Bonchev–Trinajstić information content (AvgIpc) is 2.63. The third-order valence-electron chi connectivity index (χ3n) is 4.12. The molecule has 4 heteroatoms. The zero-order valence-corrected chi connectivity index (χ0v) is 11.5. The second kappa shape index (κ2) is 5.88. The van der Waals surface area contributed by atoms with Crippen molar-refractivity contribution in [3.63, 3.8) is 0 Å². The van der Waals surface area contributed by atoms with Gasteiger partial charge in [0.05, 0.1) is 18.6 Å². The number of esters is 1. The van der Waals surface area contributed by atoms with Crippen LogP contribution in [-0.2, 0) is 9.53 Å². The van der Waals surface area contributed by atoms with Crippen LogP contribution in [0, 0.1) is 11.8 Å². The topological polar surface area (TPSA) is 66.8 Å². The summed E-state index contributed by atoms with van der Waals surface area (Å²) in [6.45, 7) is 3.77. The summed E-state index contributed by atoms with van der Waals surface area (Å²) in [4.78, 5) is 11.7. The van der Waals surface area contributed by atoms with Gasteiger partial charge in [-0.3, -0.25) is 4.79 Å². The zero-order chi connectivity index (χ0) is 14.0. The summed E-state index contributed by atoms with van der Waals surface area (Å²) in [5, 5.41) is 19.7. The Morgan fingerprint density at radius 3 is 2.89 bits per heavy atom. The second-order valence-electron chi connectivity index (χ2n) is 5.61. The monoisotopic (exact) mass is 266 g/mol. The highest BCUT2D eigenvalue weighted by Gasteiger charge is 2.44. The molecule has 1 aliphatic heterocycles. The second-order valence-corrected chi connectivity index (χ2v) is 5.61. The van der Waals surface area contributed by atoms with Gasteiger partial charge in [-0.2, -0.15) is 0 Å². The maximum atomic E-state index is 11.7. The molecule has 1 fully saturated rings. The largest absolute Gasteiger partial charge is 0.457 e. The molecule has 19 heavy (non-hydrogen) atoms. The van der Waals surface area contributed by atoms with E-state index in [0.717, 1.165) is 24.0 Å². The Balaban J connectivity index is 2.29. The lowest BCUT2D eigenvalue weighted by Gasteiger charge is -2.25. The molecule has 1 saturated heterocycles. The lowest BCUT2D eigenvalue weighted by atomic mass is 9.82. The summed E-state index contributed by atoms with van der Waals surface area (Å²) >= 11 is 0. The van der Waals surface area contributed by atoms with E-state index in [9.17, 15) is 15.0 Å². The average molecular weight is 266 g/mol. The molecule has 2 aliphatic rings. The van der Waals surface area contributed by atoms with E-state index in [4.69, 9.17) is 4.74 Å². The van der Waals surface area contributed by atoms with Crippen molar-refractivity contribution in [2.24, 2.45) is 11.8 Å². The van der Waals surface area contributed by atoms with Gasteiger partial charge >= 0.3 is 5.97 Å². The van der Waals surface area contributed by atoms with Gasteiger partial charge in [-0.05, 0) is 37.8 Å². The third kappa shape index (κ3) is 3.07. The van der Waals surface area contributed by atoms with Gasteiger partial charge in [-0.15, -0.1) is 0 Å². The Bertz CT molecular complexity index is 410. The fourth-order valence-corrected chi connectivity index (χ4v) is 2.94. The Labute approximate surface area is 113 Å². The highest BCUT2D eigenvalue weighted by atomic mass is 16.6. The van der Waals surface area contributed by atoms with E-state index >= 15 is 0 Å². The van der Waals surface area contributed by atoms with Crippen molar-refractivity contribution in [3.05, 3.63) is 23.3 Å². The first-order valence-corrected chi connectivity index (χ1v) is 6.87. The van der Waals surface area contributed by atoms with Crippen molar-refractivity contribution in [3.8, 4) is 0 Å². The number of aliphatic hydroxyl groups is 2. The molecular formula is C15H22O4. The molecule has 1 heterocycles. The molecule has 106 valence electrons. The van der Waals surface area contributed by atoms with Crippen LogP contribution in [0.25, 0.3) is 0 Å². The van der Waals surface area contributed by atoms with Crippen molar-refractivity contribution in [1.82, 2.24) is 0 Å². The molecule has 0 aromatic carbocycles. The van der Waals surface area contributed by atoms with Crippen LogP contribution in [0.4, 0.5) is 0 Å². The Morgan fingerprint density at radius 2 is 2.21 bits per heavy atom. The lowest BCUT2D eigenvalue weighted by molar-refractivity contribution is -0.142. The molecule has 0 unspecified atom stereocenters. The minimum atomic E-state index is -0.660. The molecule has 0 saturated carbocycles. The minimum Gasteiger partial charge on any atom is -0.457 e. The highest BCUT2D eigenvalue weighted by molar-refractivity contribution is 5.75. The zero-order valence-electron chi connectivity index (χ0n) is 11.5. The Kier molecular flexibility index (Phi) is 4.42. The van der Waals surface area contributed by atoms with E-state index in [0.29, 0.717) is 6.42 Å². The third-order valence-corrected chi connectivity index (χ3v) is 4.12. The van der Waals surface area contributed by atoms with Gasteiger partial charge in [0.25, 0.3) is 0 Å². The molecule has 0 amide bonds. The first kappa shape index (κ1) is 14.3. The van der Waals surface area contributed by atoms with Gasteiger partial charge in [0, 0.05) is 5.92 Å². The predicted molar refractivity (Wildman–Crippen MR) is 71.3 cm³/mol. The van der Waals surface area contributed by atoms with Crippen LogP contribution in [0.1, 0.15) is 33.1 Å². The van der Waals surface area contributed by atoms with Crippen molar-refractivity contribution >= 4 is 5.97 Å². The van der Waals surface area contributed by atoms with E-state index in [1.807, 2.05) is 19.1 Å². The molecule has 2 rings (SSSR count). The standard InChI is InChI=1S/C15H22O4/c1-9-4-3-5-11(8-16)7-12(17)14-10(2)15(18)19-13(14)6-9/h5-6,10,12-14,16-17H,3-4,7-8H2,1-2H3/b9-6-,11-5+/t10-,12+,13+,14+/m0/s1. The molecule has 0 spiro atoms. The van der Waals surface area contributed by atoms with Gasteiger partial charge in [0.1, 0.15) is 6.10 Å². The van der Waals surface area contributed by atoms with Gasteiger partial charge in [0.15, 0.2) is 0 Å². The van der Waals surface area contributed by atoms with Crippen molar-refractivity contribution in [2.75, 3.05) is 6.61 Å². The molecule has 0 bridgehead atoms. The summed E-state index contributed by atoms with van der Waals surface area (Å²) < 4.78 is 5.36. The number of aliphatic hydroxyl groups excluding tert-OH is 2. The smallest absolute Gasteiger partial charge is 0.309 e. The van der Waals surface area contributed by atoms with E-state index in [-0.39, 0.29) is 30.5 Å². The van der Waals surface area contributed by atoms with E-state index in [1.54, 1.807) is 6.92 Å². The number of hydrogen-bond acceptors (Lipinski definition) is 4. The molecule has 0 radical (unpaired) electrons. The lowest BCUT2D eigenvalue weighted by Crippen LogP contribution is -2.32. The van der Waals surface area contributed by atoms with Crippen molar-refractivity contribution in [1.29, 1.82) is 0 Å². The van der Waals surface area contributed by atoms with Gasteiger partial charge in [0.2, 0.25) is 0 Å². The molecule has 0 aromatic heterocycles. The van der Waals surface area contributed by atoms with Gasteiger partial charge < -0.3 is 14.9 Å². The number of ether oxygens (including phenoxy) is 1. The fourth-order valence-electron chi connectivity index (χ4n) is 2.94. The van der Waals surface area contributed by atoms with E-state index in [1.165, 1.54) is 0 Å². The highest BCUT2D eigenvalue weighted by Crippen LogP contribution is 2.35. The normalized spacial score (nSPS) is 41.6. The Morgan fingerprint density at radius 1 is 1.47 bits per heavy atom. The molecule has 2 N–H and O–H groups in total. The number of carbonyl (C=O) groups is 1. The quantitative estimate of drug-likeness (QED) is 0.558. The molecule has 0 aromatic rings. The first-order chi connectivity index (χ1) is 9.02. The van der Waals surface area contributed by atoms with Gasteiger partial charge in [-0.1, -0.05) is 18.6 Å². The van der Waals surface area contributed by atoms with Crippen LogP contribution in [0.2, 0.25) is 0 Å². The van der Waals surface area contributed by atoms with Crippen LogP contribution in [0.15, 0.2) is 23.3 Å². The predicted octanol–water partition coefficient (Wildman–Crippen LogP) is 1.57. The van der Waals surface area contributed by atoms with Crippen molar-refractivity contribution in [2.45, 2.75) is 45.3 Å². The summed E-state index contributed by atoms with van der Waals surface area (Å²) in [5.41, 5.74) is 1.99. The number of hydrogen-bond donors (Lipinski definition) is 2. The number of carbonyl (C=O) groups excluding carboxylic acids is 1. The first-order valence-electron chi connectivity index (χ1n) is 6.87. The van der Waals surface area contributed by atoms with Crippen LogP contribution in [0.5, 0.6) is 0 Å². The van der Waals surface area contributed by atoms with Gasteiger partial charge in [-0.25, -0.2) is 0 Å². The molecule has 4 atom stereocenters. The van der Waals surface area contributed by atoms with E-state index in [2.05, 4.69) is 0 Å². The molecule has 1 aliphatic carbocycles. The van der Waals surface area contributed by atoms with Crippen LogP contribution < -0.4 is 0 Å². The summed E-state index contributed by atoms with van der Waals surface area (Å²) in [5.74, 6) is -0.772. The fraction of sp³-hybridized carbons (Fsp3) is 0.667. The molecular weight excluding hydrogens is 244 g/mol. The summed E-state index contributed by atoms with van der Waals surface area (Å²) in [6.07, 6.45) is 5.09. The summed E-state index contributed by atoms with van der Waals surface area (Å²) in [7, 11) is 0. The molecule has 4 nitrogen and oxygen atoms in total. The van der Waals surface area contributed by atoms with Crippen LogP contribution in [-0.4, -0.2) is 35.0 Å². The maximum absolute atomic E-state index is 11.7. The Hall–Kier alpha value is -1.13. The maximum Gasteiger partial charge on any atom is 0.309 e. The van der Waals surface area contributed by atoms with Crippen LogP contribution in [0.3, 0.4) is 0 Å². The summed E-state index contributed by atoms with van der Waals surface area (Å²) in [6, 6.07) is 0. The van der Waals surface area contributed by atoms with Crippen molar-refractivity contribution < 1.29 is 19.7 Å². The van der Waals surface area contributed by atoms with Crippen LogP contribution >= 0.6 is 0 Å². The van der Waals surface area contributed by atoms with E-state index < -0.39 is 6.10 Å². The minimum absolute atomic E-state index is 0.0413. The SMILES string of the molecule is C/C1=C/[C@H]2OC(=O)[C@@H](C)[C@@H]2[C@H](O)C/C(CO)=C\CC1. The number of fused-ring (bicyclic) bond motifs is 1. The number of allylic oxidation sites excluding steroid dienone is 2.